The Morgan fingerprint density at radius 2 is 0.884 bits per heavy atom. The van der Waals surface area contributed by atoms with Crippen molar-refractivity contribution >= 4 is 0 Å². The number of ether oxygens (including phenoxy) is 3. The zero-order valence-electron chi connectivity index (χ0n) is 31.6. The lowest BCUT2D eigenvalue weighted by atomic mass is 9.75. The molecule has 0 radical (unpaired) electrons. The van der Waals surface area contributed by atoms with Gasteiger partial charge in [0.2, 0.25) is 0 Å². The largest absolute Gasteiger partial charge is 0.378 e. The topological polar surface area (TPSA) is 27.7 Å². The summed E-state index contributed by atoms with van der Waals surface area (Å²) in [6, 6.07) is 0. The summed E-state index contributed by atoms with van der Waals surface area (Å²) < 4.78 is 20.1. The molecule has 2 aliphatic carbocycles. The van der Waals surface area contributed by atoms with Crippen LogP contribution in [0.25, 0.3) is 0 Å². The molecule has 0 heterocycles. The summed E-state index contributed by atoms with van der Waals surface area (Å²) >= 11 is 0. The molecule has 0 amide bonds. The van der Waals surface area contributed by atoms with E-state index in [1.807, 2.05) is 0 Å². The molecule has 0 bridgehead atoms. The third-order valence-electron chi connectivity index (χ3n) is 11.0. The highest BCUT2D eigenvalue weighted by Gasteiger charge is 2.35. The van der Waals surface area contributed by atoms with Gasteiger partial charge in [0.25, 0.3) is 0 Å². The molecule has 0 aromatic carbocycles. The van der Waals surface area contributed by atoms with E-state index >= 15 is 0 Å². The molecule has 43 heavy (non-hydrogen) atoms. The minimum Gasteiger partial charge on any atom is -0.378 e. The highest BCUT2D eigenvalue weighted by molar-refractivity contribution is 4.84. The molecule has 0 aromatic rings. The predicted octanol–water partition coefficient (Wildman–Crippen LogP) is 11.6. The van der Waals surface area contributed by atoms with Crippen LogP contribution in [0.15, 0.2) is 0 Å². The average molecular weight is 607 g/mol. The molecule has 10 atom stereocenters. The van der Waals surface area contributed by atoms with E-state index in [1.165, 1.54) is 51.4 Å². The van der Waals surface area contributed by atoms with Crippen LogP contribution in [0.4, 0.5) is 0 Å². The molecular weight excluding hydrogens is 528 g/mol. The quantitative estimate of drug-likeness (QED) is 0.155. The Balaban J connectivity index is 1.75. The van der Waals surface area contributed by atoms with E-state index in [4.69, 9.17) is 14.2 Å². The first-order valence-electron chi connectivity index (χ1n) is 18.8. The van der Waals surface area contributed by atoms with Crippen molar-refractivity contribution in [2.45, 2.75) is 185 Å². The lowest BCUT2D eigenvalue weighted by Crippen LogP contribution is -2.39. The fourth-order valence-electron chi connectivity index (χ4n) is 9.37. The summed E-state index contributed by atoms with van der Waals surface area (Å²) in [7, 11) is 0. The molecule has 0 aliphatic heterocycles. The van der Waals surface area contributed by atoms with Crippen LogP contribution in [0.3, 0.4) is 0 Å². The van der Waals surface area contributed by atoms with Crippen LogP contribution < -0.4 is 0 Å². The molecule has 0 spiro atoms. The Morgan fingerprint density at radius 3 is 1.21 bits per heavy atom. The van der Waals surface area contributed by atoms with Crippen molar-refractivity contribution in [3.05, 3.63) is 0 Å². The highest BCUT2D eigenvalue weighted by atomic mass is 16.5. The van der Waals surface area contributed by atoms with E-state index in [1.54, 1.807) is 0 Å². The van der Waals surface area contributed by atoms with Gasteiger partial charge in [-0.25, -0.2) is 0 Å². The third-order valence-corrected chi connectivity index (χ3v) is 11.0. The van der Waals surface area contributed by atoms with Crippen LogP contribution in [0.2, 0.25) is 0 Å². The Hall–Kier alpha value is -0.120. The van der Waals surface area contributed by atoms with Crippen molar-refractivity contribution in [2.24, 2.45) is 59.2 Å². The summed E-state index contributed by atoms with van der Waals surface area (Å²) in [4.78, 5) is 0. The SMILES string of the molecule is CC(COC1CC(C)CCC1C(C)C)CC(C)CC(C)(C)OC(C)(C)CC(C)CC(C)COC1CC(C)CCC1C(C)C. The number of rotatable bonds is 18. The summed E-state index contributed by atoms with van der Waals surface area (Å²) in [5.74, 6) is 6.89. The molecule has 3 heteroatoms. The van der Waals surface area contributed by atoms with Gasteiger partial charge in [0.15, 0.2) is 0 Å². The normalized spacial score (nSPS) is 30.4. The van der Waals surface area contributed by atoms with E-state index < -0.39 is 0 Å². The molecule has 2 aliphatic rings. The first-order chi connectivity index (χ1) is 19.9. The van der Waals surface area contributed by atoms with Gasteiger partial charge in [0, 0.05) is 13.2 Å². The number of hydrogen-bond acceptors (Lipinski definition) is 3. The van der Waals surface area contributed by atoms with Crippen molar-refractivity contribution < 1.29 is 14.2 Å². The summed E-state index contributed by atoms with van der Waals surface area (Å²) in [5, 5.41) is 0. The molecule has 0 saturated heterocycles. The van der Waals surface area contributed by atoms with E-state index in [0.29, 0.717) is 35.9 Å². The Labute approximate surface area is 270 Å². The highest BCUT2D eigenvalue weighted by Crippen LogP contribution is 2.38. The van der Waals surface area contributed by atoms with E-state index in [0.717, 1.165) is 61.6 Å². The maximum absolute atomic E-state index is 6.88. The van der Waals surface area contributed by atoms with Gasteiger partial charge < -0.3 is 14.2 Å². The summed E-state index contributed by atoms with van der Waals surface area (Å²) in [5.41, 5.74) is -0.272. The second kappa shape index (κ2) is 17.7. The Bertz CT molecular complexity index is 695. The van der Waals surface area contributed by atoms with Crippen LogP contribution in [-0.2, 0) is 14.2 Å². The fourth-order valence-corrected chi connectivity index (χ4v) is 9.37. The van der Waals surface area contributed by atoms with Crippen LogP contribution >= 0.6 is 0 Å². The van der Waals surface area contributed by atoms with Crippen molar-refractivity contribution in [1.82, 2.24) is 0 Å². The molecule has 2 fully saturated rings. The lowest BCUT2D eigenvalue weighted by Gasteiger charge is -2.40. The zero-order valence-corrected chi connectivity index (χ0v) is 31.6. The third kappa shape index (κ3) is 14.5. The molecule has 0 N–H and O–H groups in total. The lowest BCUT2D eigenvalue weighted by molar-refractivity contribution is -0.141. The first kappa shape index (κ1) is 39.1. The van der Waals surface area contributed by atoms with E-state index in [9.17, 15) is 0 Å². The van der Waals surface area contributed by atoms with Gasteiger partial charge in [-0.2, -0.15) is 0 Å². The maximum atomic E-state index is 6.88. The van der Waals surface area contributed by atoms with Gasteiger partial charge in [0.1, 0.15) is 0 Å². The van der Waals surface area contributed by atoms with Crippen LogP contribution in [0.5, 0.6) is 0 Å². The number of hydrogen-bond donors (Lipinski definition) is 0. The molecule has 256 valence electrons. The molecule has 2 saturated carbocycles. The summed E-state index contributed by atoms with van der Waals surface area (Å²) in [6.45, 7) is 34.9. The van der Waals surface area contributed by atoms with Gasteiger partial charge in [-0.05, 0) is 138 Å². The van der Waals surface area contributed by atoms with Gasteiger partial charge in [-0.15, -0.1) is 0 Å². The monoisotopic (exact) mass is 607 g/mol. The molecule has 0 aromatic heterocycles. The van der Waals surface area contributed by atoms with Gasteiger partial charge in [0.05, 0.1) is 23.4 Å². The standard InChI is InChI=1S/C40H78O3/c1-27(2)35-17-15-29(5)21-37(35)41-25-33(9)19-31(7)23-39(11,12)43-40(13,14)24-32(8)20-34(10)26-42-38-22-30(6)16-18-36(38)28(3)4/h27-38H,15-26H2,1-14H3. The van der Waals surface area contributed by atoms with E-state index in [-0.39, 0.29) is 11.2 Å². The minimum absolute atomic E-state index is 0.136. The van der Waals surface area contributed by atoms with Gasteiger partial charge in [-0.1, -0.05) is 82.1 Å². The Kier molecular flexibility index (Phi) is 16.1. The van der Waals surface area contributed by atoms with Crippen LogP contribution in [0.1, 0.15) is 161 Å². The van der Waals surface area contributed by atoms with E-state index in [2.05, 4.69) is 96.9 Å². The van der Waals surface area contributed by atoms with Crippen molar-refractivity contribution in [3.8, 4) is 0 Å². The Morgan fingerprint density at radius 1 is 0.535 bits per heavy atom. The van der Waals surface area contributed by atoms with Crippen molar-refractivity contribution in [2.75, 3.05) is 13.2 Å². The maximum Gasteiger partial charge on any atom is 0.0636 e. The second-order valence-electron chi connectivity index (χ2n) is 18.3. The summed E-state index contributed by atoms with van der Waals surface area (Å²) in [6.07, 6.45) is 13.4. The van der Waals surface area contributed by atoms with Crippen LogP contribution in [0, 0.1) is 59.2 Å². The van der Waals surface area contributed by atoms with Crippen molar-refractivity contribution in [1.29, 1.82) is 0 Å². The molecule has 10 unspecified atom stereocenters. The molecule has 2 rings (SSSR count). The smallest absolute Gasteiger partial charge is 0.0636 e. The van der Waals surface area contributed by atoms with Crippen molar-refractivity contribution in [3.63, 3.8) is 0 Å². The first-order valence-corrected chi connectivity index (χ1v) is 18.8. The van der Waals surface area contributed by atoms with Gasteiger partial charge in [-0.3, -0.25) is 0 Å². The zero-order chi connectivity index (χ0) is 32.5. The fraction of sp³-hybridized carbons (Fsp3) is 1.00. The predicted molar refractivity (Wildman–Crippen MR) is 187 cm³/mol. The van der Waals surface area contributed by atoms with Gasteiger partial charge >= 0.3 is 0 Å². The minimum atomic E-state index is -0.136. The molecule has 3 nitrogen and oxygen atoms in total. The second-order valence-corrected chi connectivity index (χ2v) is 18.3. The van der Waals surface area contributed by atoms with Crippen LogP contribution in [-0.4, -0.2) is 36.6 Å². The average Bonchev–Trinajstić information content (AvgIpc) is 2.84. The molecular formula is C40H78O3.